The molecule has 2 atom stereocenters. The molecule has 0 unspecified atom stereocenters. The Balaban J connectivity index is 1.61. The Kier molecular flexibility index (Phi) is 4.70. The van der Waals surface area contributed by atoms with E-state index in [-0.39, 0.29) is 23.8 Å². The summed E-state index contributed by atoms with van der Waals surface area (Å²) in [6.07, 6.45) is 0. The average Bonchev–Trinajstić information content (AvgIpc) is 3.08. The van der Waals surface area contributed by atoms with Gasteiger partial charge in [-0.25, -0.2) is 4.39 Å². The van der Waals surface area contributed by atoms with Gasteiger partial charge in [0.1, 0.15) is 11.6 Å². The van der Waals surface area contributed by atoms with E-state index in [9.17, 15) is 9.50 Å². The minimum atomic E-state index is -0.360. The van der Waals surface area contributed by atoms with Gasteiger partial charge in [0.05, 0.1) is 27.4 Å². The maximum Gasteiger partial charge on any atom is 0.163 e. The zero-order valence-corrected chi connectivity index (χ0v) is 15.6. The van der Waals surface area contributed by atoms with E-state index in [1.165, 1.54) is 13.2 Å². The molecule has 2 heterocycles. The van der Waals surface area contributed by atoms with E-state index < -0.39 is 0 Å². The number of ether oxygens (including phenoxy) is 3. The molecule has 1 saturated heterocycles. The van der Waals surface area contributed by atoms with Crippen LogP contribution in [0.4, 0.5) is 4.39 Å². The number of hydrogen-bond acceptors (Lipinski definition) is 5. The van der Waals surface area contributed by atoms with E-state index in [1.54, 1.807) is 13.2 Å². The number of nitrogens with zero attached hydrogens (tertiary/aromatic N) is 1. The van der Waals surface area contributed by atoms with Gasteiger partial charge in [0.2, 0.25) is 0 Å². The van der Waals surface area contributed by atoms with Crippen molar-refractivity contribution in [2.24, 2.45) is 5.41 Å². The number of methoxy groups -OCH3 is 2. The third-order valence-electron chi connectivity index (χ3n) is 5.79. The van der Waals surface area contributed by atoms with Crippen LogP contribution in [0.1, 0.15) is 17.0 Å². The number of rotatable bonds is 5. The Hall–Kier alpha value is -2.31. The van der Waals surface area contributed by atoms with Crippen LogP contribution in [0.3, 0.4) is 0 Å². The van der Waals surface area contributed by atoms with Gasteiger partial charge in [-0.2, -0.15) is 0 Å². The summed E-state index contributed by atoms with van der Waals surface area (Å²) in [5.41, 5.74) is 1.31. The predicted molar refractivity (Wildman–Crippen MR) is 99.0 cm³/mol. The normalized spacial score (nSPS) is 24.1. The quantitative estimate of drug-likeness (QED) is 0.874. The van der Waals surface area contributed by atoms with Crippen LogP contribution in [0.5, 0.6) is 17.2 Å². The molecule has 0 aromatic heterocycles. The average molecular weight is 373 g/mol. The van der Waals surface area contributed by atoms with Crippen molar-refractivity contribution in [3.63, 3.8) is 0 Å². The molecule has 144 valence electrons. The molecule has 0 amide bonds. The van der Waals surface area contributed by atoms with Crippen LogP contribution in [0, 0.1) is 11.2 Å². The second kappa shape index (κ2) is 7.02. The summed E-state index contributed by atoms with van der Waals surface area (Å²) in [5.74, 6) is 1.61. The lowest BCUT2D eigenvalue weighted by Gasteiger charge is -2.38. The van der Waals surface area contributed by atoms with E-state index in [1.807, 2.05) is 18.2 Å². The number of benzene rings is 2. The number of hydrogen-bond donors (Lipinski definition) is 1. The molecule has 2 aliphatic heterocycles. The number of aliphatic hydroxyl groups is 1. The molecular weight excluding hydrogens is 349 g/mol. The molecule has 0 aliphatic carbocycles. The molecule has 1 fully saturated rings. The molecule has 0 radical (unpaired) electrons. The third-order valence-corrected chi connectivity index (χ3v) is 5.79. The van der Waals surface area contributed by atoms with E-state index >= 15 is 0 Å². The first kappa shape index (κ1) is 18.1. The number of para-hydroxylation sites is 1. The SMILES string of the molecule is COc1cc(F)c(CN2C[C@@H]3c4ccccc4OC[C@]3(CO)C2)cc1OC. The van der Waals surface area contributed by atoms with E-state index in [4.69, 9.17) is 14.2 Å². The molecule has 2 aromatic carbocycles. The first-order valence-corrected chi connectivity index (χ1v) is 9.05. The Morgan fingerprint density at radius 2 is 1.96 bits per heavy atom. The smallest absolute Gasteiger partial charge is 0.163 e. The first-order chi connectivity index (χ1) is 13.1. The fourth-order valence-electron chi connectivity index (χ4n) is 4.35. The lowest BCUT2D eigenvalue weighted by atomic mass is 9.74. The first-order valence-electron chi connectivity index (χ1n) is 9.05. The molecule has 27 heavy (non-hydrogen) atoms. The molecule has 6 heteroatoms. The highest BCUT2D eigenvalue weighted by Gasteiger charge is 2.50. The van der Waals surface area contributed by atoms with Crippen molar-refractivity contribution < 1.29 is 23.7 Å². The fourth-order valence-corrected chi connectivity index (χ4v) is 4.35. The van der Waals surface area contributed by atoms with Crippen molar-refractivity contribution in [1.29, 1.82) is 0 Å². The topological polar surface area (TPSA) is 51.2 Å². The summed E-state index contributed by atoms with van der Waals surface area (Å²) in [5, 5.41) is 10.1. The molecule has 0 bridgehead atoms. The molecule has 4 rings (SSSR count). The van der Waals surface area contributed by atoms with Crippen molar-refractivity contribution in [1.82, 2.24) is 4.90 Å². The van der Waals surface area contributed by atoms with Crippen LogP contribution in [-0.2, 0) is 6.54 Å². The van der Waals surface area contributed by atoms with Gasteiger partial charge in [0.15, 0.2) is 11.5 Å². The molecule has 2 aliphatic rings. The van der Waals surface area contributed by atoms with E-state index in [0.29, 0.717) is 36.8 Å². The van der Waals surface area contributed by atoms with E-state index in [2.05, 4.69) is 11.0 Å². The fraction of sp³-hybridized carbons (Fsp3) is 0.429. The van der Waals surface area contributed by atoms with Crippen LogP contribution >= 0.6 is 0 Å². The number of fused-ring (bicyclic) bond motifs is 3. The highest BCUT2D eigenvalue weighted by molar-refractivity contribution is 5.44. The molecule has 2 aromatic rings. The number of aliphatic hydroxyl groups excluding tert-OH is 1. The molecule has 0 spiro atoms. The summed E-state index contributed by atoms with van der Waals surface area (Å²) >= 11 is 0. The minimum absolute atomic E-state index is 0.0386. The van der Waals surface area contributed by atoms with Gasteiger partial charge in [0.25, 0.3) is 0 Å². The molecular formula is C21H24FNO4. The summed E-state index contributed by atoms with van der Waals surface area (Å²) in [7, 11) is 3.03. The molecule has 5 nitrogen and oxygen atoms in total. The van der Waals surface area contributed by atoms with Crippen molar-refractivity contribution in [3.05, 3.63) is 53.3 Å². The van der Waals surface area contributed by atoms with Crippen LogP contribution in [0.15, 0.2) is 36.4 Å². The maximum absolute atomic E-state index is 14.6. The predicted octanol–water partition coefficient (Wildman–Crippen LogP) is 2.81. The number of halogens is 1. The Labute approximate surface area is 158 Å². The molecule has 1 N–H and O–H groups in total. The van der Waals surface area contributed by atoms with Gasteiger partial charge in [-0.15, -0.1) is 0 Å². The Bertz CT molecular complexity index is 843. The van der Waals surface area contributed by atoms with Crippen molar-refractivity contribution in [2.75, 3.05) is 40.5 Å². The van der Waals surface area contributed by atoms with E-state index in [0.717, 1.165) is 17.9 Å². The van der Waals surface area contributed by atoms with Crippen LogP contribution in [0.25, 0.3) is 0 Å². The van der Waals surface area contributed by atoms with Crippen molar-refractivity contribution in [2.45, 2.75) is 12.5 Å². The summed E-state index contributed by atoms with van der Waals surface area (Å²) in [6, 6.07) is 11.0. The zero-order valence-electron chi connectivity index (χ0n) is 15.6. The number of likely N-dealkylation sites (tertiary alicyclic amines) is 1. The van der Waals surface area contributed by atoms with Gasteiger partial charge in [-0.05, 0) is 17.7 Å². The maximum atomic E-state index is 14.6. The van der Waals surface area contributed by atoms with Gasteiger partial charge >= 0.3 is 0 Å². The van der Waals surface area contributed by atoms with Crippen LogP contribution < -0.4 is 14.2 Å². The lowest BCUT2D eigenvalue weighted by molar-refractivity contribution is 0.0457. The van der Waals surface area contributed by atoms with Gasteiger partial charge in [-0.1, -0.05) is 18.2 Å². The van der Waals surface area contributed by atoms with Gasteiger partial charge < -0.3 is 19.3 Å². The van der Waals surface area contributed by atoms with Crippen LogP contribution in [-0.4, -0.2) is 50.5 Å². The van der Waals surface area contributed by atoms with Crippen molar-refractivity contribution in [3.8, 4) is 17.2 Å². The van der Waals surface area contributed by atoms with Crippen molar-refractivity contribution >= 4 is 0 Å². The second-order valence-electron chi connectivity index (χ2n) is 7.37. The van der Waals surface area contributed by atoms with Crippen LogP contribution in [0.2, 0.25) is 0 Å². The zero-order chi connectivity index (χ0) is 19.0. The minimum Gasteiger partial charge on any atom is -0.493 e. The summed E-state index contributed by atoms with van der Waals surface area (Å²) in [4.78, 5) is 2.18. The monoisotopic (exact) mass is 373 g/mol. The standard InChI is InChI=1S/C21H24FNO4/c1-25-19-7-14(17(22)8-20(19)26-2)9-23-10-16-15-5-3-4-6-18(15)27-13-21(16,11-23)12-24/h3-8,16,24H,9-13H2,1-2H3/t16-,21-/m1/s1. The summed E-state index contributed by atoms with van der Waals surface area (Å²) < 4.78 is 31.0. The highest BCUT2D eigenvalue weighted by atomic mass is 19.1. The largest absolute Gasteiger partial charge is 0.493 e. The Morgan fingerprint density at radius 1 is 1.22 bits per heavy atom. The second-order valence-corrected chi connectivity index (χ2v) is 7.37. The highest BCUT2D eigenvalue weighted by Crippen LogP contribution is 2.49. The Morgan fingerprint density at radius 3 is 2.70 bits per heavy atom. The lowest BCUT2D eigenvalue weighted by Crippen LogP contribution is -2.42. The summed E-state index contributed by atoms with van der Waals surface area (Å²) in [6.45, 7) is 2.34. The molecule has 0 saturated carbocycles. The third kappa shape index (κ3) is 3.03. The van der Waals surface area contributed by atoms with Gasteiger partial charge in [0, 0.05) is 42.6 Å². The van der Waals surface area contributed by atoms with Gasteiger partial charge in [-0.3, -0.25) is 4.90 Å².